The maximum absolute atomic E-state index is 5.04. The van der Waals surface area contributed by atoms with E-state index in [9.17, 15) is 0 Å². The normalized spacial score (nSPS) is 11.2. The van der Waals surface area contributed by atoms with Crippen molar-refractivity contribution in [3.63, 3.8) is 0 Å². The quantitative estimate of drug-likeness (QED) is 0.455. The molecule has 6 heteroatoms. The molecule has 0 saturated carbocycles. The second-order valence-corrected chi connectivity index (χ2v) is 28.3. The van der Waals surface area contributed by atoms with Crippen molar-refractivity contribution in [1.82, 2.24) is 0 Å². The molecule has 0 aliphatic carbocycles. The Bertz CT molecular complexity index is 110. The van der Waals surface area contributed by atoms with Gasteiger partial charge in [0.2, 0.25) is 0 Å². The SMILES string of the molecule is CCCP(CCC)CCC.[Cl][Zr]([Cl])([Cl])[Cl]. The third kappa shape index (κ3) is 26.2. The molecule has 0 aliphatic rings. The van der Waals surface area contributed by atoms with Crippen LogP contribution in [0.3, 0.4) is 0 Å². The molecule has 0 N–H and O–H groups in total. The number of hydrogen-bond acceptors (Lipinski definition) is 0. The maximum atomic E-state index is 5.04. The average Bonchev–Trinajstić information content (AvgIpc) is 2.02. The molecule has 0 fully saturated rings. The van der Waals surface area contributed by atoms with Crippen LogP contribution in [0.1, 0.15) is 40.0 Å². The fraction of sp³-hybridized carbons (Fsp3) is 1.00. The molecular formula is C9H21Cl4PZr. The zero-order valence-electron chi connectivity index (χ0n) is 9.70. The molecule has 94 valence electrons. The van der Waals surface area contributed by atoms with Crippen LogP contribution in [-0.4, -0.2) is 18.5 Å². The van der Waals surface area contributed by atoms with E-state index in [-0.39, 0.29) is 0 Å². The summed E-state index contributed by atoms with van der Waals surface area (Å²) < 4.78 is 0. The molecule has 0 aromatic carbocycles. The minimum absolute atomic E-state index is 0.439. The molecule has 0 atom stereocenters. The Morgan fingerprint density at radius 2 is 0.933 bits per heavy atom. The Hall–Kier alpha value is 2.47. The van der Waals surface area contributed by atoms with Crippen molar-refractivity contribution in [1.29, 1.82) is 0 Å². The first-order valence-electron chi connectivity index (χ1n) is 5.33. The van der Waals surface area contributed by atoms with Gasteiger partial charge in [0.05, 0.1) is 0 Å². The molecule has 0 aromatic rings. The Kier molecular flexibility index (Phi) is 17.1. The van der Waals surface area contributed by atoms with Crippen LogP contribution in [-0.2, 0) is 15.5 Å². The van der Waals surface area contributed by atoms with Crippen molar-refractivity contribution < 1.29 is 15.5 Å². The van der Waals surface area contributed by atoms with E-state index in [0.717, 1.165) is 0 Å². The van der Waals surface area contributed by atoms with E-state index in [0.29, 0.717) is 7.92 Å². The summed E-state index contributed by atoms with van der Waals surface area (Å²) in [5, 5.41) is 0. The summed E-state index contributed by atoms with van der Waals surface area (Å²) in [5.41, 5.74) is 0. The predicted molar refractivity (Wildman–Crippen MR) is 75.8 cm³/mol. The van der Waals surface area contributed by atoms with Crippen molar-refractivity contribution in [2.75, 3.05) is 18.5 Å². The molecule has 0 heterocycles. The standard InChI is InChI=1S/C9H21P.4ClH.Zr/c1-4-7-10(8-5-2)9-6-3;;;;;/h4-9H2,1-3H3;4*1H;/q;;;;;+4/p-4. The molecule has 0 unspecified atom stereocenters. The molecule has 0 rings (SSSR count). The van der Waals surface area contributed by atoms with Gasteiger partial charge in [0.1, 0.15) is 0 Å². The first-order valence-corrected chi connectivity index (χ1v) is 19.9. The zero-order valence-corrected chi connectivity index (χ0v) is 16.1. The molecule has 0 saturated heterocycles. The molecule has 0 radical (unpaired) electrons. The Labute approximate surface area is 115 Å². The molecule has 0 nitrogen and oxygen atoms in total. The van der Waals surface area contributed by atoms with Crippen LogP contribution < -0.4 is 0 Å². The van der Waals surface area contributed by atoms with Crippen LogP contribution in [0.25, 0.3) is 0 Å². The minimum atomic E-state index is -3.29. The molecule has 0 aliphatic heterocycles. The first kappa shape index (κ1) is 19.8. The zero-order chi connectivity index (χ0) is 12.3. The molecule has 0 bridgehead atoms. The van der Waals surface area contributed by atoms with Crippen LogP contribution in [0.5, 0.6) is 0 Å². The van der Waals surface area contributed by atoms with Gasteiger partial charge >= 0.3 is 49.5 Å². The van der Waals surface area contributed by atoms with Crippen LogP contribution in [0.2, 0.25) is 0 Å². The molecule has 0 spiro atoms. The number of rotatable bonds is 6. The van der Waals surface area contributed by atoms with Gasteiger partial charge in [-0.3, -0.25) is 0 Å². The molecule has 15 heavy (non-hydrogen) atoms. The van der Waals surface area contributed by atoms with Gasteiger partial charge in [-0.2, -0.15) is 0 Å². The van der Waals surface area contributed by atoms with E-state index in [4.69, 9.17) is 34.1 Å². The van der Waals surface area contributed by atoms with Crippen molar-refractivity contribution >= 4 is 42.0 Å². The Morgan fingerprint density at radius 1 is 0.733 bits per heavy atom. The predicted octanol–water partition coefficient (Wildman–Crippen LogP) is 6.45. The van der Waals surface area contributed by atoms with Gasteiger partial charge < -0.3 is 0 Å². The van der Waals surface area contributed by atoms with Crippen LogP contribution in [0.4, 0.5) is 0 Å². The molecule has 0 amide bonds. The fourth-order valence-electron chi connectivity index (χ4n) is 1.28. The summed E-state index contributed by atoms with van der Waals surface area (Å²) in [7, 11) is 20.6. The third-order valence-corrected chi connectivity index (χ3v) is 4.86. The number of hydrogen-bond donors (Lipinski definition) is 0. The van der Waals surface area contributed by atoms with E-state index in [1.54, 1.807) is 0 Å². The fourth-order valence-corrected chi connectivity index (χ4v) is 3.85. The van der Waals surface area contributed by atoms with Gasteiger partial charge in [-0.1, -0.05) is 40.0 Å². The van der Waals surface area contributed by atoms with Crippen LogP contribution in [0.15, 0.2) is 0 Å². The van der Waals surface area contributed by atoms with Gasteiger partial charge in [0.15, 0.2) is 0 Å². The van der Waals surface area contributed by atoms with Crippen molar-refractivity contribution in [3.05, 3.63) is 0 Å². The molecular weight excluding hydrogens is 372 g/mol. The average molecular weight is 393 g/mol. The Balaban J connectivity index is 0. The van der Waals surface area contributed by atoms with Gasteiger partial charge in [-0.15, -0.1) is 7.92 Å². The summed E-state index contributed by atoms with van der Waals surface area (Å²) in [6.45, 7) is 6.92. The van der Waals surface area contributed by atoms with Crippen LogP contribution >= 0.6 is 42.0 Å². The molecule has 0 aromatic heterocycles. The summed E-state index contributed by atoms with van der Waals surface area (Å²) in [6, 6.07) is 0. The van der Waals surface area contributed by atoms with Gasteiger partial charge in [0, 0.05) is 0 Å². The van der Waals surface area contributed by atoms with Crippen molar-refractivity contribution in [3.8, 4) is 0 Å². The van der Waals surface area contributed by atoms with Gasteiger partial charge in [0.25, 0.3) is 0 Å². The van der Waals surface area contributed by atoms with E-state index < -0.39 is 15.5 Å². The van der Waals surface area contributed by atoms with E-state index in [1.807, 2.05) is 0 Å². The van der Waals surface area contributed by atoms with Crippen molar-refractivity contribution in [2.45, 2.75) is 40.0 Å². The van der Waals surface area contributed by atoms with E-state index in [2.05, 4.69) is 20.8 Å². The number of halogens is 4. The Morgan fingerprint density at radius 3 is 1.07 bits per heavy atom. The van der Waals surface area contributed by atoms with Gasteiger partial charge in [-0.25, -0.2) is 0 Å². The first-order chi connectivity index (χ1) is 6.85. The van der Waals surface area contributed by atoms with Gasteiger partial charge in [-0.05, 0) is 18.5 Å². The van der Waals surface area contributed by atoms with Crippen molar-refractivity contribution in [2.24, 2.45) is 0 Å². The summed E-state index contributed by atoms with van der Waals surface area (Å²) in [4.78, 5) is 0. The van der Waals surface area contributed by atoms with E-state index >= 15 is 0 Å². The summed E-state index contributed by atoms with van der Waals surface area (Å²) in [6.07, 6.45) is 8.72. The summed E-state index contributed by atoms with van der Waals surface area (Å²) in [5.74, 6) is 0. The monoisotopic (exact) mass is 390 g/mol. The van der Waals surface area contributed by atoms with E-state index in [1.165, 1.54) is 37.7 Å². The summed E-state index contributed by atoms with van der Waals surface area (Å²) >= 11 is -3.29. The van der Waals surface area contributed by atoms with Crippen LogP contribution in [0, 0.1) is 0 Å². The second-order valence-electron chi connectivity index (χ2n) is 3.27. The topological polar surface area (TPSA) is 0 Å². The third-order valence-electron chi connectivity index (χ3n) is 1.62. The second kappa shape index (κ2) is 12.9.